The molecule has 1 atom stereocenters. The maximum Gasteiger partial charge on any atom is 0.330 e. The Labute approximate surface area is 145 Å². The highest BCUT2D eigenvalue weighted by Crippen LogP contribution is 2.24. The standard InChI is InChI=1S/C17H22ClFN2O3/c1-10(2)21-7-5-11(6-8-21)16(22)20-15(17(23)24)12-3-4-14(19)13(18)9-12/h3-4,9-11,15H,5-8H2,1-2H3,(H,20,22)(H,23,24). The number of carbonyl (C=O) groups is 2. The monoisotopic (exact) mass is 356 g/mol. The van der Waals surface area contributed by atoms with Crippen molar-refractivity contribution in [2.75, 3.05) is 13.1 Å². The van der Waals surface area contributed by atoms with Gasteiger partial charge in [-0.3, -0.25) is 4.79 Å². The highest BCUT2D eigenvalue weighted by atomic mass is 35.5. The molecule has 0 aliphatic carbocycles. The third kappa shape index (κ3) is 4.45. The van der Waals surface area contributed by atoms with E-state index in [0.29, 0.717) is 18.9 Å². The number of carboxylic acid groups (broad SMARTS) is 1. The molecule has 0 bridgehead atoms. The SMILES string of the molecule is CC(C)N1CCC(C(=O)NC(C(=O)O)c2ccc(F)c(Cl)c2)CC1. The van der Waals surface area contributed by atoms with Crippen LogP contribution in [-0.4, -0.2) is 41.0 Å². The third-order valence-electron chi connectivity index (χ3n) is 4.44. The van der Waals surface area contributed by atoms with Crippen molar-refractivity contribution in [3.8, 4) is 0 Å². The Bertz CT molecular complexity index is 616. The molecule has 1 amide bonds. The molecule has 2 N–H and O–H groups in total. The molecular formula is C17H22ClFN2O3. The van der Waals surface area contributed by atoms with Crippen LogP contribution < -0.4 is 5.32 Å². The minimum Gasteiger partial charge on any atom is -0.479 e. The van der Waals surface area contributed by atoms with Gasteiger partial charge in [-0.1, -0.05) is 17.7 Å². The number of carbonyl (C=O) groups excluding carboxylic acids is 1. The van der Waals surface area contributed by atoms with Crippen molar-refractivity contribution in [1.29, 1.82) is 0 Å². The number of hydrogen-bond donors (Lipinski definition) is 2. The Morgan fingerprint density at radius 3 is 2.46 bits per heavy atom. The number of nitrogens with zero attached hydrogens (tertiary/aromatic N) is 1. The first-order valence-corrected chi connectivity index (χ1v) is 8.39. The topological polar surface area (TPSA) is 69.6 Å². The summed E-state index contributed by atoms with van der Waals surface area (Å²) in [5.41, 5.74) is 0.252. The molecule has 5 nitrogen and oxygen atoms in total. The zero-order valence-electron chi connectivity index (χ0n) is 13.8. The smallest absolute Gasteiger partial charge is 0.330 e. The van der Waals surface area contributed by atoms with Crippen molar-refractivity contribution in [2.24, 2.45) is 5.92 Å². The molecule has 1 aliphatic heterocycles. The van der Waals surface area contributed by atoms with E-state index in [1.165, 1.54) is 12.1 Å². The molecule has 7 heteroatoms. The lowest BCUT2D eigenvalue weighted by Gasteiger charge is -2.34. The summed E-state index contributed by atoms with van der Waals surface area (Å²) in [7, 11) is 0. The van der Waals surface area contributed by atoms with Crippen LogP contribution in [0.5, 0.6) is 0 Å². The summed E-state index contributed by atoms with van der Waals surface area (Å²) in [5.74, 6) is -2.33. The average Bonchev–Trinajstić information content (AvgIpc) is 2.55. The number of piperidine rings is 1. The van der Waals surface area contributed by atoms with Crippen molar-refractivity contribution >= 4 is 23.5 Å². The lowest BCUT2D eigenvalue weighted by Crippen LogP contribution is -2.44. The van der Waals surface area contributed by atoms with Gasteiger partial charge in [0, 0.05) is 12.0 Å². The third-order valence-corrected chi connectivity index (χ3v) is 4.73. The number of hydrogen-bond acceptors (Lipinski definition) is 3. The molecule has 2 rings (SSSR count). The molecular weight excluding hydrogens is 335 g/mol. The molecule has 132 valence electrons. The fourth-order valence-corrected chi connectivity index (χ4v) is 3.11. The van der Waals surface area contributed by atoms with Crippen LogP contribution in [0, 0.1) is 11.7 Å². The molecule has 1 unspecified atom stereocenters. The number of carboxylic acids is 1. The van der Waals surface area contributed by atoms with E-state index in [4.69, 9.17) is 11.6 Å². The van der Waals surface area contributed by atoms with E-state index in [2.05, 4.69) is 24.1 Å². The van der Waals surface area contributed by atoms with Crippen LogP contribution in [0.4, 0.5) is 4.39 Å². The summed E-state index contributed by atoms with van der Waals surface area (Å²) in [6.07, 6.45) is 1.39. The van der Waals surface area contributed by atoms with Crippen molar-refractivity contribution in [2.45, 2.75) is 38.8 Å². The van der Waals surface area contributed by atoms with Gasteiger partial charge >= 0.3 is 5.97 Å². The second-order valence-corrected chi connectivity index (χ2v) is 6.76. The largest absolute Gasteiger partial charge is 0.479 e. The van der Waals surface area contributed by atoms with Crippen LogP contribution >= 0.6 is 11.6 Å². The molecule has 1 heterocycles. The lowest BCUT2D eigenvalue weighted by molar-refractivity contribution is -0.143. The Hall–Kier alpha value is -1.66. The average molecular weight is 357 g/mol. The second-order valence-electron chi connectivity index (χ2n) is 6.36. The first-order chi connectivity index (χ1) is 11.3. The number of nitrogens with one attached hydrogen (secondary N) is 1. The van der Waals surface area contributed by atoms with Gasteiger partial charge in [0.2, 0.25) is 5.91 Å². The van der Waals surface area contributed by atoms with Crippen LogP contribution in [0.25, 0.3) is 0 Å². The van der Waals surface area contributed by atoms with Crippen molar-refractivity contribution < 1.29 is 19.1 Å². The van der Waals surface area contributed by atoms with E-state index in [1.807, 2.05) is 0 Å². The summed E-state index contributed by atoms with van der Waals surface area (Å²) in [5, 5.41) is 11.8. The zero-order valence-corrected chi connectivity index (χ0v) is 14.5. The van der Waals surface area contributed by atoms with Gasteiger partial charge in [0.15, 0.2) is 6.04 Å². The number of aliphatic carboxylic acids is 1. The van der Waals surface area contributed by atoms with Gasteiger partial charge in [0.05, 0.1) is 5.02 Å². The minimum atomic E-state index is -1.24. The van der Waals surface area contributed by atoms with E-state index in [1.54, 1.807) is 0 Å². The number of likely N-dealkylation sites (tertiary alicyclic amines) is 1. The van der Waals surface area contributed by atoms with E-state index in [0.717, 1.165) is 19.2 Å². The number of rotatable bonds is 5. The van der Waals surface area contributed by atoms with Gasteiger partial charge < -0.3 is 15.3 Å². The lowest BCUT2D eigenvalue weighted by atomic mass is 9.94. The Kier molecular flexibility index (Phi) is 6.18. The first-order valence-electron chi connectivity index (χ1n) is 8.01. The fraction of sp³-hybridized carbons (Fsp3) is 0.529. The molecule has 1 saturated heterocycles. The first kappa shape index (κ1) is 18.7. The molecule has 1 fully saturated rings. The minimum absolute atomic E-state index is 0.168. The van der Waals surface area contributed by atoms with Crippen LogP contribution in [0.2, 0.25) is 5.02 Å². The predicted molar refractivity (Wildman–Crippen MR) is 89.4 cm³/mol. The van der Waals surface area contributed by atoms with Crippen molar-refractivity contribution in [1.82, 2.24) is 10.2 Å². The maximum absolute atomic E-state index is 13.2. The molecule has 0 radical (unpaired) electrons. The Morgan fingerprint density at radius 1 is 1.33 bits per heavy atom. The number of benzene rings is 1. The van der Waals surface area contributed by atoms with Crippen LogP contribution in [0.15, 0.2) is 18.2 Å². The zero-order chi connectivity index (χ0) is 17.9. The number of halogens is 2. The highest BCUT2D eigenvalue weighted by Gasteiger charge is 2.30. The molecule has 0 aromatic heterocycles. The second kappa shape index (κ2) is 7.94. The van der Waals surface area contributed by atoms with Crippen LogP contribution in [0.3, 0.4) is 0 Å². The van der Waals surface area contributed by atoms with E-state index < -0.39 is 17.8 Å². The van der Waals surface area contributed by atoms with Gasteiger partial charge in [0.25, 0.3) is 0 Å². The summed E-state index contributed by atoms with van der Waals surface area (Å²) in [6, 6.07) is 2.85. The molecule has 1 aromatic carbocycles. The van der Waals surface area contributed by atoms with E-state index >= 15 is 0 Å². The van der Waals surface area contributed by atoms with Gasteiger partial charge in [-0.15, -0.1) is 0 Å². The highest BCUT2D eigenvalue weighted by molar-refractivity contribution is 6.30. The van der Waals surface area contributed by atoms with Gasteiger partial charge in [-0.2, -0.15) is 0 Å². The predicted octanol–water partition coefficient (Wildman–Crippen LogP) is 2.84. The molecule has 1 aliphatic rings. The number of amides is 1. The van der Waals surface area contributed by atoms with Gasteiger partial charge in [0.1, 0.15) is 5.82 Å². The van der Waals surface area contributed by atoms with Gasteiger partial charge in [-0.05, 0) is 57.5 Å². The van der Waals surface area contributed by atoms with Crippen LogP contribution in [-0.2, 0) is 9.59 Å². The summed E-state index contributed by atoms with van der Waals surface area (Å²) in [4.78, 5) is 26.2. The van der Waals surface area contributed by atoms with E-state index in [9.17, 15) is 19.1 Å². The van der Waals surface area contributed by atoms with E-state index in [-0.39, 0.29) is 22.4 Å². The summed E-state index contributed by atoms with van der Waals surface area (Å²) in [6.45, 7) is 5.85. The van der Waals surface area contributed by atoms with Crippen molar-refractivity contribution in [3.63, 3.8) is 0 Å². The summed E-state index contributed by atoms with van der Waals surface area (Å²) < 4.78 is 13.2. The fourth-order valence-electron chi connectivity index (χ4n) is 2.92. The Balaban J connectivity index is 2.04. The summed E-state index contributed by atoms with van der Waals surface area (Å²) >= 11 is 5.71. The normalized spacial score (nSPS) is 17.7. The quantitative estimate of drug-likeness (QED) is 0.851. The Morgan fingerprint density at radius 2 is 1.96 bits per heavy atom. The van der Waals surface area contributed by atoms with Crippen LogP contribution in [0.1, 0.15) is 38.3 Å². The van der Waals surface area contributed by atoms with Gasteiger partial charge in [-0.25, -0.2) is 9.18 Å². The van der Waals surface area contributed by atoms with Crippen molar-refractivity contribution in [3.05, 3.63) is 34.6 Å². The molecule has 1 aromatic rings. The molecule has 24 heavy (non-hydrogen) atoms. The molecule has 0 spiro atoms. The molecule has 0 saturated carbocycles. The maximum atomic E-state index is 13.2.